The first-order chi connectivity index (χ1) is 5.72. The molecule has 0 aliphatic rings. The van der Waals surface area contributed by atoms with Gasteiger partial charge in [0, 0.05) is 0 Å². The summed E-state index contributed by atoms with van der Waals surface area (Å²) in [6.07, 6.45) is 4.52. The molecule has 0 fully saturated rings. The van der Waals surface area contributed by atoms with E-state index in [9.17, 15) is 4.79 Å². The van der Waals surface area contributed by atoms with Crippen molar-refractivity contribution in [3.63, 3.8) is 0 Å². The smallest absolute Gasteiger partial charge is 0.306 e. The molecule has 1 unspecified atom stereocenters. The third-order valence-corrected chi connectivity index (χ3v) is 1.62. The second-order valence-corrected chi connectivity index (χ2v) is 2.51. The zero-order valence-corrected chi connectivity index (χ0v) is 7.62. The second-order valence-electron chi connectivity index (χ2n) is 2.51. The SMILES string of the molecule is CCOC=CCC(CC)C(=O)O. The number of hydrogen-bond acceptors (Lipinski definition) is 2. The highest BCUT2D eigenvalue weighted by Gasteiger charge is 2.11. The van der Waals surface area contributed by atoms with E-state index in [1.54, 1.807) is 12.3 Å². The van der Waals surface area contributed by atoms with Gasteiger partial charge >= 0.3 is 5.97 Å². The van der Waals surface area contributed by atoms with E-state index in [-0.39, 0.29) is 5.92 Å². The number of allylic oxidation sites excluding steroid dienone is 1. The summed E-state index contributed by atoms with van der Waals surface area (Å²) in [6.45, 7) is 4.38. The van der Waals surface area contributed by atoms with Crippen LogP contribution in [0.25, 0.3) is 0 Å². The van der Waals surface area contributed by atoms with Gasteiger partial charge in [-0.3, -0.25) is 4.79 Å². The van der Waals surface area contributed by atoms with Crippen LogP contribution in [0, 0.1) is 5.92 Å². The summed E-state index contributed by atoms with van der Waals surface area (Å²) >= 11 is 0. The molecule has 0 saturated carbocycles. The van der Waals surface area contributed by atoms with Crippen molar-refractivity contribution < 1.29 is 14.6 Å². The van der Waals surface area contributed by atoms with Gasteiger partial charge in [-0.2, -0.15) is 0 Å². The van der Waals surface area contributed by atoms with E-state index in [1.807, 2.05) is 13.8 Å². The van der Waals surface area contributed by atoms with E-state index < -0.39 is 5.97 Å². The molecule has 1 atom stereocenters. The molecule has 70 valence electrons. The molecule has 0 aromatic heterocycles. The number of ether oxygens (including phenoxy) is 1. The fourth-order valence-electron chi connectivity index (χ4n) is 0.826. The lowest BCUT2D eigenvalue weighted by Gasteiger charge is -2.04. The molecule has 0 spiro atoms. The van der Waals surface area contributed by atoms with Crippen LogP contribution in [0.1, 0.15) is 26.7 Å². The van der Waals surface area contributed by atoms with Crippen LogP contribution < -0.4 is 0 Å². The first-order valence-corrected chi connectivity index (χ1v) is 4.21. The van der Waals surface area contributed by atoms with Crippen LogP contribution >= 0.6 is 0 Å². The lowest BCUT2D eigenvalue weighted by atomic mass is 10.0. The fourth-order valence-corrected chi connectivity index (χ4v) is 0.826. The van der Waals surface area contributed by atoms with Crippen LogP contribution in [-0.2, 0) is 9.53 Å². The van der Waals surface area contributed by atoms with Crippen molar-refractivity contribution in [3.05, 3.63) is 12.3 Å². The summed E-state index contributed by atoms with van der Waals surface area (Å²) in [6, 6.07) is 0. The first-order valence-electron chi connectivity index (χ1n) is 4.21. The zero-order chi connectivity index (χ0) is 9.40. The van der Waals surface area contributed by atoms with E-state index in [0.717, 1.165) is 0 Å². The molecule has 0 aromatic rings. The van der Waals surface area contributed by atoms with Crippen molar-refractivity contribution in [2.45, 2.75) is 26.7 Å². The molecule has 0 amide bonds. The van der Waals surface area contributed by atoms with E-state index in [0.29, 0.717) is 19.4 Å². The molecule has 0 saturated heterocycles. The monoisotopic (exact) mass is 172 g/mol. The van der Waals surface area contributed by atoms with Crippen LogP contribution in [0.2, 0.25) is 0 Å². The van der Waals surface area contributed by atoms with Gasteiger partial charge in [-0.1, -0.05) is 6.92 Å². The Kier molecular flexibility index (Phi) is 6.15. The van der Waals surface area contributed by atoms with Gasteiger partial charge < -0.3 is 9.84 Å². The highest BCUT2D eigenvalue weighted by atomic mass is 16.5. The topological polar surface area (TPSA) is 46.5 Å². The van der Waals surface area contributed by atoms with Crippen molar-refractivity contribution in [1.82, 2.24) is 0 Å². The molecule has 0 radical (unpaired) electrons. The third kappa shape index (κ3) is 4.77. The Morgan fingerprint density at radius 2 is 2.25 bits per heavy atom. The molecule has 3 heteroatoms. The first kappa shape index (κ1) is 11.0. The van der Waals surface area contributed by atoms with E-state index in [1.165, 1.54) is 0 Å². The summed E-state index contributed by atoms with van der Waals surface area (Å²) in [5, 5.41) is 8.66. The predicted molar refractivity (Wildman–Crippen MR) is 46.8 cm³/mol. The highest BCUT2D eigenvalue weighted by Crippen LogP contribution is 2.08. The van der Waals surface area contributed by atoms with Gasteiger partial charge in [-0.15, -0.1) is 0 Å². The van der Waals surface area contributed by atoms with Gasteiger partial charge in [0.15, 0.2) is 0 Å². The molecule has 0 aliphatic heterocycles. The number of carbonyl (C=O) groups is 1. The molecule has 0 bridgehead atoms. The second kappa shape index (κ2) is 6.70. The molecule has 12 heavy (non-hydrogen) atoms. The van der Waals surface area contributed by atoms with Crippen LogP contribution in [0.3, 0.4) is 0 Å². The summed E-state index contributed by atoms with van der Waals surface area (Å²) < 4.78 is 4.93. The molecular weight excluding hydrogens is 156 g/mol. The van der Waals surface area contributed by atoms with Gasteiger partial charge in [-0.25, -0.2) is 0 Å². The zero-order valence-electron chi connectivity index (χ0n) is 7.62. The minimum atomic E-state index is -0.737. The van der Waals surface area contributed by atoms with Crippen LogP contribution in [-0.4, -0.2) is 17.7 Å². The normalized spacial score (nSPS) is 13.2. The molecule has 1 N–H and O–H groups in total. The van der Waals surface area contributed by atoms with Gasteiger partial charge in [0.05, 0.1) is 18.8 Å². The molecule has 0 aliphatic carbocycles. The van der Waals surface area contributed by atoms with E-state index in [4.69, 9.17) is 9.84 Å². The van der Waals surface area contributed by atoms with Crippen LogP contribution in [0.4, 0.5) is 0 Å². The van der Waals surface area contributed by atoms with Crippen molar-refractivity contribution in [2.24, 2.45) is 5.92 Å². The third-order valence-electron chi connectivity index (χ3n) is 1.62. The molecule has 0 heterocycles. The Bertz CT molecular complexity index is 152. The van der Waals surface area contributed by atoms with Gasteiger partial charge in [0.25, 0.3) is 0 Å². The summed E-state index contributed by atoms with van der Waals surface area (Å²) in [5.74, 6) is -1.01. The average Bonchev–Trinajstić information content (AvgIpc) is 2.04. The Morgan fingerprint density at radius 3 is 2.67 bits per heavy atom. The summed E-state index contributed by atoms with van der Waals surface area (Å²) in [4.78, 5) is 10.5. The van der Waals surface area contributed by atoms with Crippen molar-refractivity contribution in [1.29, 1.82) is 0 Å². The molecule has 0 rings (SSSR count). The van der Waals surface area contributed by atoms with Crippen LogP contribution in [0.5, 0.6) is 0 Å². The number of aliphatic carboxylic acids is 1. The van der Waals surface area contributed by atoms with Gasteiger partial charge in [-0.05, 0) is 25.8 Å². The lowest BCUT2D eigenvalue weighted by molar-refractivity contribution is -0.141. The molecule has 3 nitrogen and oxygen atoms in total. The van der Waals surface area contributed by atoms with Crippen molar-refractivity contribution >= 4 is 5.97 Å². The lowest BCUT2D eigenvalue weighted by Crippen LogP contribution is -2.11. The number of rotatable bonds is 6. The van der Waals surface area contributed by atoms with Crippen molar-refractivity contribution in [3.8, 4) is 0 Å². The number of carboxylic acids is 1. The van der Waals surface area contributed by atoms with Gasteiger partial charge in [0.1, 0.15) is 0 Å². The van der Waals surface area contributed by atoms with Gasteiger partial charge in [0.2, 0.25) is 0 Å². The Hall–Kier alpha value is -0.990. The predicted octanol–water partition coefficient (Wildman–Crippen LogP) is 2.04. The highest BCUT2D eigenvalue weighted by molar-refractivity contribution is 5.70. The van der Waals surface area contributed by atoms with Crippen LogP contribution in [0.15, 0.2) is 12.3 Å². The average molecular weight is 172 g/mol. The number of carboxylic acid groups (broad SMARTS) is 1. The van der Waals surface area contributed by atoms with Crippen molar-refractivity contribution in [2.75, 3.05) is 6.61 Å². The number of hydrogen-bond donors (Lipinski definition) is 1. The maximum Gasteiger partial charge on any atom is 0.306 e. The maximum absolute atomic E-state index is 10.5. The minimum absolute atomic E-state index is 0.276. The largest absolute Gasteiger partial charge is 0.502 e. The van der Waals surface area contributed by atoms with E-state index >= 15 is 0 Å². The quantitative estimate of drug-likeness (QED) is 0.623. The summed E-state index contributed by atoms with van der Waals surface area (Å²) in [7, 11) is 0. The fraction of sp³-hybridized carbons (Fsp3) is 0.667. The minimum Gasteiger partial charge on any atom is -0.502 e. The molecule has 0 aromatic carbocycles. The Morgan fingerprint density at radius 1 is 1.58 bits per heavy atom. The van der Waals surface area contributed by atoms with E-state index in [2.05, 4.69) is 0 Å². The maximum atomic E-state index is 10.5. The Labute approximate surface area is 73.0 Å². The standard InChI is InChI=1S/C9H16O3/c1-3-8(9(10)11)6-5-7-12-4-2/h5,7-8H,3-4,6H2,1-2H3,(H,10,11). The molecular formula is C9H16O3. The Balaban J connectivity index is 3.64. The summed E-state index contributed by atoms with van der Waals surface area (Å²) in [5.41, 5.74) is 0.